The summed E-state index contributed by atoms with van der Waals surface area (Å²) in [7, 11) is 0. The van der Waals surface area contributed by atoms with E-state index in [9.17, 15) is 24.6 Å². The fourth-order valence-corrected chi connectivity index (χ4v) is 8.74. The summed E-state index contributed by atoms with van der Waals surface area (Å²) in [6.07, 6.45) is -2.48. The number of hydrogen-bond acceptors (Lipinski definition) is 13. The highest BCUT2D eigenvalue weighted by molar-refractivity contribution is 7.80. The molecule has 256 valence electrons. The van der Waals surface area contributed by atoms with Crippen LogP contribution in [0, 0.1) is 16.7 Å². The van der Waals surface area contributed by atoms with Crippen molar-refractivity contribution in [1.82, 2.24) is 9.55 Å². The van der Waals surface area contributed by atoms with E-state index < -0.39 is 76.2 Å². The zero-order valence-corrected chi connectivity index (χ0v) is 28.0. The Balaban J connectivity index is 1.65. The molecule has 14 heteroatoms. The Morgan fingerprint density at radius 1 is 1.17 bits per heavy atom. The van der Waals surface area contributed by atoms with Crippen LogP contribution in [0.3, 0.4) is 0 Å². The number of benzene rings is 1. The van der Waals surface area contributed by atoms with E-state index in [4.69, 9.17) is 35.9 Å². The number of fused-ring (bicyclic) bond motifs is 5. The molecule has 2 N–H and O–H groups in total. The molecule has 3 fully saturated rings. The Hall–Kier alpha value is -3.98. The molecule has 0 amide bonds. The van der Waals surface area contributed by atoms with Crippen LogP contribution < -0.4 is 0 Å². The number of carbonyl (C=O) groups is 4. The molecule has 6 rings (SSSR count). The van der Waals surface area contributed by atoms with E-state index in [0.717, 1.165) is 0 Å². The Morgan fingerprint density at radius 2 is 1.88 bits per heavy atom. The van der Waals surface area contributed by atoms with E-state index in [1.807, 2.05) is 0 Å². The van der Waals surface area contributed by atoms with E-state index in [-0.39, 0.29) is 42.2 Å². The van der Waals surface area contributed by atoms with Crippen LogP contribution in [0.1, 0.15) is 57.8 Å². The molecule has 9 atom stereocenters. The number of ketones is 1. The van der Waals surface area contributed by atoms with E-state index in [2.05, 4.69) is 4.98 Å². The van der Waals surface area contributed by atoms with Crippen molar-refractivity contribution in [2.45, 2.75) is 89.2 Å². The lowest BCUT2D eigenvalue weighted by Gasteiger charge is -2.67. The molecule has 1 aliphatic heterocycles. The number of aromatic nitrogens is 2. The predicted octanol–water partition coefficient (Wildman–Crippen LogP) is 2.32. The molecular formula is C34H38N2O11S. The molecule has 2 heterocycles. The Kier molecular flexibility index (Phi) is 8.38. The van der Waals surface area contributed by atoms with Gasteiger partial charge < -0.3 is 33.9 Å². The maximum absolute atomic E-state index is 15.3. The molecule has 1 saturated heterocycles. The van der Waals surface area contributed by atoms with Crippen LogP contribution in [0.15, 0.2) is 60.2 Å². The smallest absolute Gasteiger partial charge is 0.338 e. The number of aliphatic hydroxyl groups excluding tert-OH is 1. The van der Waals surface area contributed by atoms with Crippen LogP contribution in [-0.4, -0.2) is 97.5 Å². The van der Waals surface area contributed by atoms with Gasteiger partial charge in [-0.15, -0.1) is 0 Å². The SMILES string of the molecule is CC(=O)O[C@@]12CO[C@@H]1C[C@H](OC(=S)n1ccnc1)[C@@]1(C)C(=O)[C@H](OC=O)C3=C(C)[C@@H](O)C[C@@](O)([C@H](OC(=O)c4ccccc4)[C@H]21)C3(C)C. The van der Waals surface area contributed by atoms with Crippen LogP contribution in [-0.2, 0) is 38.1 Å². The van der Waals surface area contributed by atoms with Crippen molar-refractivity contribution in [1.29, 1.82) is 0 Å². The van der Waals surface area contributed by atoms with Gasteiger partial charge in [-0.1, -0.05) is 32.0 Å². The number of rotatable bonds is 6. The minimum Gasteiger partial charge on any atom is -0.466 e. The largest absolute Gasteiger partial charge is 0.466 e. The molecule has 0 spiro atoms. The number of ether oxygens (including phenoxy) is 5. The van der Waals surface area contributed by atoms with Gasteiger partial charge in [-0.2, -0.15) is 0 Å². The van der Waals surface area contributed by atoms with Crippen molar-refractivity contribution in [3.8, 4) is 0 Å². The number of aliphatic hydroxyl groups is 2. The molecule has 3 aliphatic carbocycles. The first-order chi connectivity index (χ1) is 22.6. The third-order valence-electron chi connectivity index (χ3n) is 11.0. The van der Waals surface area contributed by atoms with Gasteiger partial charge in [0.1, 0.15) is 30.2 Å². The van der Waals surface area contributed by atoms with Gasteiger partial charge in [-0.05, 0) is 49.3 Å². The summed E-state index contributed by atoms with van der Waals surface area (Å²) in [5.41, 5.74) is -6.42. The van der Waals surface area contributed by atoms with Gasteiger partial charge in [-0.25, -0.2) is 9.78 Å². The zero-order valence-electron chi connectivity index (χ0n) is 27.2. The quantitative estimate of drug-likeness (QED) is 0.150. The first kappa shape index (κ1) is 33.9. The second kappa shape index (κ2) is 11.9. The van der Waals surface area contributed by atoms with Crippen molar-refractivity contribution in [3.63, 3.8) is 0 Å². The van der Waals surface area contributed by atoms with Crippen molar-refractivity contribution in [2.24, 2.45) is 16.7 Å². The molecule has 2 aromatic rings. The fraction of sp³-hybridized carbons (Fsp3) is 0.529. The molecular weight excluding hydrogens is 644 g/mol. The summed E-state index contributed by atoms with van der Waals surface area (Å²) in [5, 5.41) is 24.5. The average molecular weight is 683 g/mol. The highest BCUT2D eigenvalue weighted by Crippen LogP contribution is 2.64. The molecule has 13 nitrogen and oxygen atoms in total. The van der Waals surface area contributed by atoms with Crippen LogP contribution in [0.5, 0.6) is 0 Å². The minimum absolute atomic E-state index is 0.0174. The van der Waals surface area contributed by atoms with E-state index in [1.54, 1.807) is 52.1 Å². The first-order valence-electron chi connectivity index (χ1n) is 15.6. The first-order valence-corrected chi connectivity index (χ1v) is 16.1. The summed E-state index contributed by atoms with van der Waals surface area (Å²) in [6.45, 7) is 7.56. The van der Waals surface area contributed by atoms with E-state index >= 15 is 4.79 Å². The molecule has 0 unspecified atom stereocenters. The number of hydrogen-bond donors (Lipinski definition) is 2. The van der Waals surface area contributed by atoms with Gasteiger partial charge in [0, 0.05) is 37.6 Å². The monoisotopic (exact) mass is 682 g/mol. The lowest BCUT2D eigenvalue weighted by Crippen LogP contribution is -2.82. The highest BCUT2D eigenvalue weighted by atomic mass is 32.1. The van der Waals surface area contributed by atoms with Crippen molar-refractivity contribution >= 4 is 41.6 Å². The molecule has 2 bridgehead atoms. The molecule has 4 aliphatic rings. The number of carbonyl (C=O) groups excluding carboxylic acids is 4. The maximum Gasteiger partial charge on any atom is 0.338 e. The topological polar surface area (TPSA) is 173 Å². The van der Waals surface area contributed by atoms with Gasteiger partial charge in [0.2, 0.25) is 0 Å². The number of nitrogens with zero attached hydrogens (tertiary/aromatic N) is 2. The van der Waals surface area contributed by atoms with Crippen molar-refractivity contribution in [2.75, 3.05) is 6.61 Å². The van der Waals surface area contributed by atoms with Crippen molar-refractivity contribution < 1.29 is 53.1 Å². The lowest BCUT2D eigenvalue weighted by molar-refractivity contribution is -0.344. The Morgan fingerprint density at radius 3 is 2.46 bits per heavy atom. The second-order valence-corrected chi connectivity index (χ2v) is 14.1. The molecule has 1 aromatic carbocycles. The second-order valence-electron chi connectivity index (χ2n) is 13.7. The van der Waals surface area contributed by atoms with E-state index in [0.29, 0.717) is 5.57 Å². The lowest BCUT2D eigenvalue weighted by atomic mass is 9.44. The van der Waals surface area contributed by atoms with Gasteiger partial charge in [-0.3, -0.25) is 19.0 Å². The standard InChI is InChI=1S/C34H38N2O11S/c1-18-21(39)14-34(42)28(46-29(41)20-9-7-6-8-10-20)26-32(5,27(40)25(44-17-37)24(18)31(34,3)4)22(45-30(48)36-12-11-35-16-36)13-23-33(26,15-43-23)47-19(2)38/h6-12,16-17,21-23,25-26,28,39,42H,13-15H2,1-5H3/t21-,22-,23+,25+,26-,28+,32+,33-,34+/m0/s1. The maximum atomic E-state index is 15.3. The summed E-state index contributed by atoms with van der Waals surface area (Å²) < 4.78 is 31.8. The summed E-state index contributed by atoms with van der Waals surface area (Å²) in [5.74, 6) is -3.58. The minimum atomic E-state index is -2.14. The third kappa shape index (κ3) is 4.83. The summed E-state index contributed by atoms with van der Waals surface area (Å²) in [4.78, 5) is 58.3. The average Bonchev–Trinajstić information content (AvgIpc) is 3.58. The van der Waals surface area contributed by atoms with Gasteiger partial charge >= 0.3 is 11.9 Å². The Bertz CT molecular complexity index is 1680. The van der Waals surface area contributed by atoms with Gasteiger partial charge in [0.05, 0.1) is 29.6 Å². The van der Waals surface area contributed by atoms with Crippen LogP contribution in [0.25, 0.3) is 0 Å². The van der Waals surface area contributed by atoms with E-state index in [1.165, 1.54) is 36.1 Å². The van der Waals surface area contributed by atoms with Crippen LogP contribution >= 0.6 is 12.2 Å². The molecule has 48 heavy (non-hydrogen) atoms. The van der Waals surface area contributed by atoms with Crippen LogP contribution in [0.2, 0.25) is 0 Å². The normalized spacial score (nSPS) is 36.6. The van der Waals surface area contributed by atoms with Gasteiger partial charge in [0.25, 0.3) is 11.6 Å². The fourth-order valence-electron chi connectivity index (χ4n) is 8.51. The number of Topliss-reactive ketones (excluding diaryl/α,β-unsaturated/α-hetero) is 1. The molecule has 0 radical (unpaired) electrons. The molecule has 1 aromatic heterocycles. The zero-order chi connectivity index (χ0) is 34.8. The number of imidazole rings is 1. The predicted molar refractivity (Wildman–Crippen MR) is 169 cm³/mol. The van der Waals surface area contributed by atoms with Gasteiger partial charge in [0.15, 0.2) is 17.5 Å². The summed E-state index contributed by atoms with van der Waals surface area (Å²) >= 11 is 5.60. The summed E-state index contributed by atoms with van der Waals surface area (Å²) in [6, 6.07) is 8.10. The Labute approximate surface area is 282 Å². The number of esters is 2. The third-order valence-corrected chi connectivity index (χ3v) is 11.3. The molecule has 2 saturated carbocycles. The van der Waals surface area contributed by atoms with Crippen LogP contribution in [0.4, 0.5) is 0 Å². The number of thiocarbonyl (C=S) groups is 1. The highest BCUT2D eigenvalue weighted by Gasteiger charge is 2.79. The van der Waals surface area contributed by atoms with Crippen molar-refractivity contribution in [3.05, 3.63) is 65.8 Å².